The van der Waals surface area contributed by atoms with Crippen molar-refractivity contribution in [2.75, 3.05) is 10.8 Å². The van der Waals surface area contributed by atoms with Crippen molar-refractivity contribution in [2.24, 2.45) is 0 Å². The quantitative estimate of drug-likeness (QED) is 0.340. The van der Waals surface area contributed by atoms with Crippen LogP contribution in [0.25, 0.3) is 0 Å². The van der Waals surface area contributed by atoms with E-state index >= 15 is 0 Å². The highest BCUT2D eigenvalue weighted by Crippen LogP contribution is 2.25. The van der Waals surface area contributed by atoms with Gasteiger partial charge in [-0.1, -0.05) is 56.3 Å². The lowest BCUT2D eigenvalue weighted by Gasteiger charge is -2.34. The Bertz CT molecular complexity index is 1360. The van der Waals surface area contributed by atoms with E-state index in [-0.39, 0.29) is 29.1 Å². The maximum Gasteiger partial charge on any atom is 0.264 e. The summed E-state index contributed by atoms with van der Waals surface area (Å²) in [5.41, 5.74) is 1.93. The summed E-state index contributed by atoms with van der Waals surface area (Å²) in [6.45, 7) is 7.14. The fourth-order valence-electron chi connectivity index (χ4n) is 4.19. The molecule has 1 N–H and O–H groups in total. The van der Waals surface area contributed by atoms with Gasteiger partial charge in [0.05, 0.1) is 10.6 Å². The van der Waals surface area contributed by atoms with Crippen LogP contribution in [-0.4, -0.2) is 43.8 Å². The Labute approximate surface area is 230 Å². The summed E-state index contributed by atoms with van der Waals surface area (Å²) in [5, 5.41) is 2.96. The molecule has 0 radical (unpaired) electrons. The smallest absolute Gasteiger partial charge is 0.264 e. The molecule has 0 aliphatic carbocycles. The van der Waals surface area contributed by atoms with Crippen molar-refractivity contribution >= 4 is 27.5 Å². The number of hydrogen-bond acceptors (Lipinski definition) is 4. The Morgan fingerprint density at radius 1 is 0.897 bits per heavy atom. The summed E-state index contributed by atoms with van der Waals surface area (Å²) in [6.07, 6.45) is 1.06. The first-order chi connectivity index (χ1) is 18.6. The molecule has 0 bridgehead atoms. The second-order valence-corrected chi connectivity index (χ2v) is 11.4. The number of nitrogens with one attached hydrogen (secondary N) is 1. The number of carbonyl (C=O) groups excluding carboxylic acids is 2. The Balaban J connectivity index is 2.05. The van der Waals surface area contributed by atoms with E-state index in [0.717, 1.165) is 34.0 Å². The van der Waals surface area contributed by atoms with Crippen molar-refractivity contribution in [1.29, 1.82) is 0 Å². The number of amides is 2. The van der Waals surface area contributed by atoms with E-state index in [1.54, 1.807) is 18.2 Å². The molecule has 0 heterocycles. The number of anilines is 1. The molecule has 208 valence electrons. The molecule has 0 aromatic heterocycles. The minimum Gasteiger partial charge on any atom is -0.352 e. The van der Waals surface area contributed by atoms with Gasteiger partial charge in [0.2, 0.25) is 11.8 Å². The normalized spacial score (nSPS) is 12.8. The molecule has 3 aromatic carbocycles. The molecule has 0 fully saturated rings. The second-order valence-electron chi connectivity index (χ2n) is 9.49. The summed E-state index contributed by atoms with van der Waals surface area (Å²) in [6, 6.07) is 19.3. The number of hydrogen-bond donors (Lipinski definition) is 1. The molecule has 0 aliphatic rings. The summed E-state index contributed by atoms with van der Waals surface area (Å²) in [7, 11) is -4.19. The molecule has 2 atom stereocenters. The lowest BCUT2D eigenvalue weighted by molar-refractivity contribution is -0.140. The van der Waals surface area contributed by atoms with E-state index in [0.29, 0.717) is 6.42 Å². The summed E-state index contributed by atoms with van der Waals surface area (Å²) >= 11 is 0. The molecule has 7 nitrogen and oxygen atoms in total. The molecule has 0 aliphatic heterocycles. The van der Waals surface area contributed by atoms with Gasteiger partial charge in [-0.05, 0) is 74.2 Å². The number of rotatable bonds is 12. The first-order valence-corrected chi connectivity index (χ1v) is 14.5. The van der Waals surface area contributed by atoms with Gasteiger partial charge in [0.25, 0.3) is 10.0 Å². The van der Waals surface area contributed by atoms with Crippen LogP contribution in [0.1, 0.15) is 44.7 Å². The van der Waals surface area contributed by atoms with Crippen molar-refractivity contribution in [2.45, 2.75) is 64.1 Å². The zero-order chi connectivity index (χ0) is 28.6. The third kappa shape index (κ3) is 7.44. The van der Waals surface area contributed by atoms with Crippen LogP contribution in [-0.2, 0) is 26.2 Å². The molecule has 9 heteroatoms. The molecular formula is C30H36FN3O4S. The van der Waals surface area contributed by atoms with Gasteiger partial charge in [-0.2, -0.15) is 0 Å². The third-order valence-corrected chi connectivity index (χ3v) is 8.50. The van der Waals surface area contributed by atoms with Gasteiger partial charge in [-0.15, -0.1) is 0 Å². The minimum atomic E-state index is -4.19. The lowest BCUT2D eigenvalue weighted by Crippen LogP contribution is -2.53. The van der Waals surface area contributed by atoms with Gasteiger partial charge in [-0.25, -0.2) is 12.8 Å². The van der Waals surface area contributed by atoms with E-state index in [2.05, 4.69) is 5.32 Å². The Morgan fingerprint density at radius 3 is 2.10 bits per heavy atom. The van der Waals surface area contributed by atoms with Crippen LogP contribution >= 0.6 is 0 Å². The van der Waals surface area contributed by atoms with Gasteiger partial charge < -0.3 is 10.2 Å². The monoisotopic (exact) mass is 553 g/mol. The van der Waals surface area contributed by atoms with Crippen LogP contribution in [0, 0.1) is 12.7 Å². The first-order valence-electron chi connectivity index (χ1n) is 13.1. The highest BCUT2D eigenvalue weighted by atomic mass is 32.2. The predicted molar refractivity (Wildman–Crippen MR) is 151 cm³/mol. The van der Waals surface area contributed by atoms with Gasteiger partial charge >= 0.3 is 0 Å². The molecule has 2 amide bonds. The van der Waals surface area contributed by atoms with Crippen molar-refractivity contribution < 1.29 is 22.4 Å². The molecular weight excluding hydrogens is 517 g/mol. The summed E-state index contributed by atoms with van der Waals surface area (Å²) in [5.74, 6) is -1.38. The number of halogens is 1. The van der Waals surface area contributed by atoms with Crippen LogP contribution in [0.5, 0.6) is 0 Å². The van der Waals surface area contributed by atoms with E-state index < -0.39 is 34.3 Å². The summed E-state index contributed by atoms with van der Waals surface area (Å²) in [4.78, 5) is 28.7. The van der Waals surface area contributed by atoms with Crippen molar-refractivity contribution in [3.8, 4) is 0 Å². The van der Waals surface area contributed by atoms with Crippen LogP contribution in [0.15, 0.2) is 83.8 Å². The van der Waals surface area contributed by atoms with Gasteiger partial charge in [-0.3, -0.25) is 13.9 Å². The van der Waals surface area contributed by atoms with Gasteiger partial charge in [0, 0.05) is 12.6 Å². The topological polar surface area (TPSA) is 86.8 Å². The van der Waals surface area contributed by atoms with Gasteiger partial charge in [0.1, 0.15) is 18.4 Å². The van der Waals surface area contributed by atoms with Crippen LogP contribution < -0.4 is 9.62 Å². The van der Waals surface area contributed by atoms with Gasteiger partial charge in [0.15, 0.2) is 0 Å². The fraction of sp³-hybridized carbons (Fsp3) is 0.333. The summed E-state index contributed by atoms with van der Waals surface area (Å²) < 4.78 is 42.1. The number of carbonyl (C=O) groups is 2. The number of nitrogens with zero attached hydrogens (tertiary/aromatic N) is 2. The van der Waals surface area contributed by atoms with E-state index in [4.69, 9.17) is 0 Å². The predicted octanol–water partition coefficient (Wildman–Crippen LogP) is 5.05. The second kappa shape index (κ2) is 13.4. The zero-order valence-electron chi connectivity index (χ0n) is 22.8. The van der Waals surface area contributed by atoms with Crippen molar-refractivity contribution in [1.82, 2.24) is 10.2 Å². The minimum absolute atomic E-state index is 0.00543. The first kappa shape index (κ1) is 29.8. The number of benzene rings is 3. The Morgan fingerprint density at radius 2 is 1.51 bits per heavy atom. The molecule has 0 spiro atoms. The Hall–Kier alpha value is -3.72. The van der Waals surface area contributed by atoms with Crippen molar-refractivity contribution in [3.63, 3.8) is 0 Å². The largest absolute Gasteiger partial charge is 0.352 e. The van der Waals surface area contributed by atoms with Crippen LogP contribution in [0.2, 0.25) is 0 Å². The van der Waals surface area contributed by atoms with E-state index in [1.807, 2.05) is 52.0 Å². The fourth-order valence-corrected chi connectivity index (χ4v) is 5.62. The molecule has 0 saturated carbocycles. The van der Waals surface area contributed by atoms with Crippen LogP contribution in [0.3, 0.4) is 0 Å². The Kier molecular flexibility index (Phi) is 10.2. The molecule has 3 aromatic rings. The highest BCUT2D eigenvalue weighted by Gasteiger charge is 2.34. The highest BCUT2D eigenvalue weighted by molar-refractivity contribution is 7.92. The average Bonchev–Trinajstić information content (AvgIpc) is 2.93. The molecule has 39 heavy (non-hydrogen) atoms. The van der Waals surface area contributed by atoms with Crippen molar-refractivity contribution in [3.05, 3.63) is 95.8 Å². The molecule has 3 rings (SSSR count). The van der Waals surface area contributed by atoms with Crippen LogP contribution in [0.4, 0.5) is 10.1 Å². The van der Waals surface area contributed by atoms with E-state index in [1.165, 1.54) is 29.2 Å². The van der Waals surface area contributed by atoms with E-state index in [9.17, 15) is 22.4 Å². The maximum atomic E-state index is 14.0. The zero-order valence-corrected chi connectivity index (χ0v) is 23.6. The lowest BCUT2D eigenvalue weighted by atomic mass is 10.1. The molecule has 0 unspecified atom stereocenters. The standard InChI is InChI=1S/C30H36FN3O4S/c1-5-23(4)32-30(36)28(6-2)33(20-24-13-11-10-12-22(24)3)29(35)21-34(26-18-16-25(31)17-19-26)39(37,38)27-14-8-7-9-15-27/h7-19,23,28H,5-6,20-21H2,1-4H3,(H,32,36)/t23-,28-/m0/s1. The number of aryl methyl sites for hydroxylation is 1. The average molecular weight is 554 g/mol. The molecule has 0 saturated heterocycles. The number of sulfonamides is 1. The third-order valence-electron chi connectivity index (χ3n) is 6.71. The SMILES string of the molecule is CC[C@H](C)NC(=O)[C@H](CC)N(Cc1ccccc1C)C(=O)CN(c1ccc(F)cc1)S(=O)(=O)c1ccccc1. The maximum absolute atomic E-state index is 14.0.